The zero-order chi connectivity index (χ0) is 23.1. The van der Waals surface area contributed by atoms with Crippen LogP contribution in [-0.4, -0.2) is 12.1 Å². The number of halogens is 2. The van der Waals surface area contributed by atoms with Crippen LogP contribution in [0.4, 0.5) is 0 Å². The van der Waals surface area contributed by atoms with Gasteiger partial charge in [0, 0.05) is 0 Å². The number of nitrogens with one attached hydrogen (secondary N) is 1. The monoisotopic (exact) mass is 556 g/mol. The molecule has 0 aromatic heterocycles. The van der Waals surface area contributed by atoms with Gasteiger partial charge in [-0.3, -0.25) is 4.79 Å². The van der Waals surface area contributed by atoms with E-state index in [0.29, 0.717) is 12.4 Å². The lowest BCUT2D eigenvalue weighted by atomic mass is 9.86. The second-order valence-corrected chi connectivity index (χ2v) is 10.2. The number of hydrogen-bond donors (Lipinski definition) is 1. The summed E-state index contributed by atoms with van der Waals surface area (Å²) in [4.78, 5) is 12.2. The molecular weight excluding hydrogens is 532 g/mol. The van der Waals surface area contributed by atoms with Crippen molar-refractivity contribution in [3.8, 4) is 5.75 Å². The molecule has 32 heavy (non-hydrogen) atoms. The van der Waals surface area contributed by atoms with E-state index in [1.165, 1.54) is 5.56 Å². The van der Waals surface area contributed by atoms with E-state index in [-0.39, 0.29) is 17.7 Å². The summed E-state index contributed by atoms with van der Waals surface area (Å²) in [6.07, 6.45) is 1.89. The van der Waals surface area contributed by atoms with Gasteiger partial charge in [0.1, 0.15) is 12.4 Å². The second kappa shape index (κ2) is 10.9. The van der Waals surface area contributed by atoms with E-state index in [1.807, 2.05) is 54.6 Å². The molecule has 0 saturated carbocycles. The van der Waals surface area contributed by atoms with Gasteiger partial charge in [0.25, 0.3) is 0 Å². The first kappa shape index (κ1) is 24.2. The highest BCUT2D eigenvalue weighted by Crippen LogP contribution is 2.35. The summed E-state index contributed by atoms with van der Waals surface area (Å²) < 4.78 is 7.54. The summed E-state index contributed by atoms with van der Waals surface area (Å²) in [5.74, 6) is 0.555. The van der Waals surface area contributed by atoms with E-state index in [4.69, 9.17) is 4.74 Å². The van der Waals surface area contributed by atoms with E-state index in [2.05, 4.69) is 75.3 Å². The van der Waals surface area contributed by atoms with E-state index in [0.717, 1.165) is 25.6 Å². The molecule has 0 atom stereocenters. The minimum Gasteiger partial charge on any atom is -0.487 e. The highest BCUT2D eigenvalue weighted by Gasteiger charge is 2.13. The summed E-state index contributed by atoms with van der Waals surface area (Å²) in [6, 6.07) is 21.9. The lowest BCUT2D eigenvalue weighted by Gasteiger charge is -2.19. The number of ether oxygens (including phenoxy) is 1. The SMILES string of the molecule is CC(C)(C)c1ccc(CC(=O)N/N=C\c2cc(Br)c(OCc3ccccc3)c(Br)c2)cc1. The van der Waals surface area contributed by atoms with Crippen LogP contribution in [0.15, 0.2) is 80.8 Å². The Kier molecular flexibility index (Phi) is 8.26. The summed E-state index contributed by atoms with van der Waals surface area (Å²) in [7, 11) is 0. The highest BCUT2D eigenvalue weighted by molar-refractivity contribution is 9.11. The van der Waals surface area contributed by atoms with Gasteiger partial charge in [-0.15, -0.1) is 0 Å². The molecule has 166 valence electrons. The predicted octanol–water partition coefficient (Wildman–Crippen LogP) is 6.78. The smallest absolute Gasteiger partial charge is 0.244 e. The average Bonchev–Trinajstić information content (AvgIpc) is 2.73. The molecule has 0 aliphatic rings. The molecular formula is C26H26Br2N2O2. The molecule has 3 aromatic rings. The van der Waals surface area contributed by atoms with Crippen LogP contribution in [0.25, 0.3) is 0 Å². The maximum atomic E-state index is 12.2. The fraction of sp³-hybridized carbons (Fsp3) is 0.231. The number of benzene rings is 3. The van der Waals surface area contributed by atoms with Gasteiger partial charge in [-0.25, -0.2) is 5.43 Å². The van der Waals surface area contributed by atoms with Crippen LogP contribution < -0.4 is 10.2 Å². The maximum Gasteiger partial charge on any atom is 0.244 e. The summed E-state index contributed by atoms with van der Waals surface area (Å²) >= 11 is 7.10. The van der Waals surface area contributed by atoms with Crippen LogP contribution in [0, 0.1) is 0 Å². The third-order valence-electron chi connectivity index (χ3n) is 4.83. The Morgan fingerprint density at radius 1 is 0.969 bits per heavy atom. The Hall–Kier alpha value is -2.44. The van der Waals surface area contributed by atoms with Gasteiger partial charge >= 0.3 is 0 Å². The van der Waals surface area contributed by atoms with Crippen molar-refractivity contribution in [1.29, 1.82) is 0 Å². The Bertz CT molecular complexity index is 1070. The Morgan fingerprint density at radius 3 is 2.19 bits per heavy atom. The van der Waals surface area contributed by atoms with Crippen molar-refractivity contribution < 1.29 is 9.53 Å². The zero-order valence-corrected chi connectivity index (χ0v) is 21.5. The van der Waals surface area contributed by atoms with E-state index in [9.17, 15) is 4.79 Å². The number of amides is 1. The molecule has 4 nitrogen and oxygen atoms in total. The van der Waals surface area contributed by atoms with Crippen LogP contribution in [0.3, 0.4) is 0 Å². The normalized spacial score (nSPS) is 11.5. The minimum atomic E-state index is -0.161. The van der Waals surface area contributed by atoms with Crippen molar-refractivity contribution in [3.63, 3.8) is 0 Å². The van der Waals surface area contributed by atoms with Gasteiger partial charge in [-0.05, 0) is 71.7 Å². The Balaban J connectivity index is 1.56. The molecule has 1 N–H and O–H groups in total. The molecule has 0 spiro atoms. The molecule has 0 aliphatic carbocycles. The topological polar surface area (TPSA) is 50.7 Å². The average molecular weight is 558 g/mol. The second-order valence-electron chi connectivity index (χ2n) is 8.50. The van der Waals surface area contributed by atoms with Crippen molar-refractivity contribution >= 4 is 44.0 Å². The minimum absolute atomic E-state index is 0.0930. The number of carbonyl (C=O) groups excluding carboxylic acids is 1. The van der Waals surface area contributed by atoms with Crippen LogP contribution in [0.2, 0.25) is 0 Å². The van der Waals surface area contributed by atoms with Crippen molar-refractivity contribution in [2.75, 3.05) is 0 Å². The van der Waals surface area contributed by atoms with Crippen LogP contribution in [-0.2, 0) is 23.2 Å². The molecule has 3 aromatic carbocycles. The van der Waals surface area contributed by atoms with Gasteiger partial charge in [0.15, 0.2) is 0 Å². The van der Waals surface area contributed by atoms with E-state index in [1.54, 1.807) is 6.21 Å². The molecule has 0 saturated heterocycles. The standard InChI is InChI=1S/C26H26Br2N2O2/c1-26(2,3)21-11-9-18(10-12-21)15-24(31)30-29-16-20-13-22(27)25(23(28)14-20)32-17-19-7-5-4-6-8-19/h4-14,16H,15,17H2,1-3H3,(H,30,31)/b29-16-. The van der Waals surface area contributed by atoms with Crippen molar-refractivity contribution in [3.05, 3.63) is 97.9 Å². The molecule has 1 amide bonds. The summed E-state index contributed by atoms with van der Waals surface area (Å²) in [5.41, 5.74) is 6.80. The largest absolute Gasteiger partial charge is 0.487 e. The third-order valence-corrected chi connectivity index (χ3v) is 6.01. The molecule has 3 rings (SSSR count). The molecule has 0 heterocycles. The third kappa shape index (κ3) is 7.04. The number of hydrogen-bond acceptors (Lipinski definition) is 3. The first-order valence-electron chi connectivity index (χ1n) is 10.3. The number of carbonyl (C=O) groups is 1. The molecule has 0 bridgehead atoms. The number of hydrazone groups is 1. The Morgan fingerprint density at radius 2 is 1.59 bits per heavy atom. The maximum absolute atomic E-state index is 12.2. The molecule has 0 unspecified atom stereocenters. The van der Waals surface area contributed by atoms with Gasteiger partial charge in [-0.2, -0.15) is 5.10 Å². The van der Waals surface area contributed by atoms with Crippen LogP contribution in [0.1, 0.15) is 43.0 Å². The van der Waals surface area contributed by atoms with Crippen LogP contribution >= 0.6 is 31.9 Å². The molecule has 0 radical (unpaired) electrons. The molecule has 6 heteroatoms. The fourth-order valence-corrected chi connectivity index (χ4v) is 4.50. The fourth-order valence-electron chi connectivity index (χ4n) is 3.05. The molecule has 0 aliphatic heterocycles. The van der Waals surface area contributed by atoms with Crippen molar-refractivity contribution in [1.82, 2.24) is 5.43 Å². The number of rotatable bonds is 7. The number of nitrogens with zero attached hydrogens (tertiary/aromatic N) is 1. The lowest BCUT2D eigenvalue weighted by molar-refractivity contribution is -0.120. The predicted molar refractivity (Wildman–Crippen MR) is 137 cm³/mol. The van der Waals surface area contributed by atoms with Gasteiger partial charge in [0.05, 0.1) is 21.6 Å². The quantitative estimate of drug-likeness (QED) is 0.257. The zero-order valence-electron chi connectivity index (χ0n) is 18.4. The molecule has 0 fully saturated rings. The lowest BCUT2D eigenvalue weighted by Crippen LogP contribution is -2.20. The van der Waals surface area contributed by atoms with Crippen molar-refractivity contribution in [2.24, 2.45) is 5.10 Å². The summed E-state index contributed by atoms with van der Waals surface area (Å²) in [6.45, 7) is 6.98. The van der Waals surface area contributed by atoms with Gasteiger partial charge in [-0.1, -0.05) is 75.4 Å². The Labute approximate surface area is 206 Å². The van der Waals surface area contributed by atoms with Crippen molar-refractivity contribution in [2.45, 2.75) is 39.2 Å². The summed E-state index contributed by atoms with van der Waals surface area (Å²) in [5, 5.41) is 4.09. The van der Waals surface area contributed by atoms with Gasteiger partial charge < -0.3 is 4.74 Å². The first-order chi connectivity index (χ1) is 15.2. The van der Waals surface area contributed by atoms with Crippen LogP contribution in [0.5, 0.6) is 5.75 Å². The van der Waals surface area contributed by atoms with E-state index >= 15 is 0 Å². The first-order valence-corrected chi connectivity index (χ1v) is 11.9. The highest BCUT2D eigenvalue weighted by atomic mass is 79.9. The van der Waals surface area contributed by atoms with Gasteiger partial charge in [0.2, 0.25) is 5.91 Å². The van der Waals surface area contributed by atoms with E-state index < -0.39 is 0 Å².